The first-order chi connectivity index (χ1) is 14.4. The van der Waals surface area contributed by atoms with E-state index in [1.807, 2.05) is 32.0 Å². The molecule has 2 aliphatic rings. The molecule has 30 heavy (non-hydrogen) atoms. The molecule has 1 aromatic carbocycles. The van der Waals surface area contributed by atoms with Crippen LogP contribution in [0.5, 0.6) is 0 Å². The molecule has 8 nitrogen and oxygen atoms in total. The van der Waals surface area contributed by atoms with Gasteiger partial charge in [-0.1, -0.05) is 6.07 Å². The first-order valence-corrected chi connectivity index (χ1v) is 10.2. The minimum atomic E-state index is -0.227. The maximum Gasteiger partial charge on any atom is 0.317 e. The van der Waals surface area contributed by atoms with Crippen LogP contribution < -0.4 is 10.2 Å². The Hall–Kier alpha value is -3.29. The zero-order valence-corrected chi connectivity index (χ0v) is 17.3. The number of carbonyl (C=O) groups excluding carboxylic acids is 3. The van der Waals surface area contributed by atoms with Gasteiger partial charge in [0.25, 0.3) is 5.91 Å². The van der Waals surface area contributed by atoms with Gasteiger partial charge in [0.1, 0.15) is 0 Å². The summed E-state index contributed by atoms with van der Waals surface area (Å²) in [6.45, 7) is 6.31. The lowest BCUT2D eigenvalue weighted by Gasteiger charge is -2.34. The quantitative estimate of drug-likeness (QED) is 0.840. The van der Waals surface area contributed by atoms with Gasteiger partial charge in [-0.2, -0.15) is 0 Å². The van der Waals surface area contributed by atoms with E-state index in [1.165, 1.54) is 11.8 Å². The molecule has 0 unspecified atom stereocenters. The summed E-state index contributed by atoms with van der Waals surface area (Å²) in [6.07, 6.45) is 1.76. The van der Waals surface area contributed by atoms with E-state index in [0.29, 0.717) is 38.5 Å². The van der Waals surface area contributed by atoms with Crippen molar-refractivity contribution in [3.8, 4) is 0 Å². The number of rotatable bonds is 3. The molecule has 0 aliphatic carbocycles. The number of urea groups is 1. The van der Waals surface area contributed by atoms with Crippen molar-refractivity contribution in [2.45, 2.75) is 26.3 Å². The topological polar surface area (TPSA) is 86.1 Å². The number of furan rings is 1. The fraction of sp³-hybridized carbons (Fsp3) is 0.409. The zero-order chi connectivity index (χ0) is 21.3. The molecule has 4 amide bonds. The Morgan fingerprint density at radius 1 is 1.03 bits per heavy atom. The highest BCUT2D eigenvalue weighted by molar-refractivity contribution is 5.97. The molecule has 2 aliphatic heterocycles. The van der Waals surface area contributed by atoms with Gasteiger partial charge in [-0.25, -0.2) is 4.79 Å². The van der Waals surface area contributed by atoms with Crippen molar-refractivity contribution in [2.75, 3.05) is 37.6 Å². The number of benzene rings is 1. The maximum absolute atomic E-state index is 12.7. The summed E-state index contributed by atoms with van der Waals surface area (Å²) in [5.41, 5.74) is 3.18. The lowest BCUT2D eigenvalue weighted by molar-refractivity contribution is -0.117. The fourth-order valence-corrected chi connectivity index (χ4v) is 3.88. The molecule has 1 N–H and O–H groups in total. The standard InChI is InChI=1S/C22H26N4O4/c1-15-5-6-18(12-16(15)2)26-14-17(13-20(26)27)23-22(29)25-9-7-24(8-10-25)21(28)19-4-3-11-30-19/h3-6,11-12,17H,7-10,13-14H2,1-2H3,(H,23,29)/t17-/m0/s1. The molecular formula is C22H26N4O4. The Labute approximate surface area is 175 Å². The Morgan fingerprint density at radius 2 is 1.77 bits per heavy atom. The maximum atomic E-state index is 12.7. The van der Waals surface area contributed by atoms with Crippen LogP contribution in [0.15, 0.2) is 41.0 Å². The van der Waals surface area contributed by atoms with E-state index in [2.05, 4.69) is 5.32 Å². The summed E-state index contributed by atoms with van der Waals surface area (Å²) in [7, 11) is 0. The van der Waals surface area contributed by atoms with Gasteiger partial charge in [-0.15, -0.1) is 0 Å². The van der Waals surface area contributed by atoms with Crippen LogP contribution in [-0.2, 0) is 4.79 Å². The number of hydrogen-bond donors (Lipinski definition) is 1. The van der Waals surface area contributed by atoms with Crippen molar-refractivity contribution in [3.05, 3.63) is 53.5 Å². The normalized spacial score (nSPS) is 19.3. The average Bonchev–Trinajstić information content (AvgIpc) is 3.40. The summed E-state index contributed by atoms with van der Waals surface area (Å²) in [4.78, 5) is 42.6. The molecule has 8 heteroatoms. The van der Waals surface area contributed by atoms with Crippen molar-refractivity contribution in [2.24, 2.45) is 0 Å². The monoisotopic (exact) mass is 410 g/mol. The molecule has 1 aromatic heterocycles. The smallest absolute Gasteiger partial charge is 0.317 e. The predicted molar refractivity (Wildman–Crippen MR) is 111 cm³/mol. The van der Waals surface area contributed by atoms with Crippen molar-refractivity contribution < 1.29 is 18.8 Å². The summed E-state index contributed by atoms with van der Waals surface area (Å²) in [5.74, 6) is 0.159. The van der Waals surface area contributed by atoms with Crippen LogP contribution in [0.1, 0.15) is 28.1 Å². The second kappa shape index (κ2) is 8.22. The number of nitrogens with one attached hydrogen (secondary N) is 1. The number of nitrogens with zero attached hydrogens (tertiary/aromatic N) is 3. The molecular weight excluding hydrogens is 384 g/mol. The highest BCUT2D eigenvalue weighted by Crippen LogP contribution is 2.24. The summed E-state index contributed by atoms with van der Waals surface area (Å²) < 4.78 is 5.16. The van der Waals surface area contributed by atoms with Crippen LogP contribution in [0.2, 0.25) is 0 Å². The first kappa shape index (κ1) is 20.0. The predicted octanol–water partition coefficient (Wildman–Crippen LogP) is 2.17. The SMILES string of the molecule is Cc1ccc(N2C[C@@H](NC(=O)N3CCN(C(=O)c4ccco4)CC3)CC2=O)cc1C. The molecule has 158 valence electrons. The molecule has 0 spiro atoms. The van der Waals surface area contributed by atoms with Gasteiger partial charge in [-0.05, 0) is 49.2 Å². The van der Waals surface area contributed by atoms with Crippen LogP contribution in [-0.4, -0.2) is 66.4 Å². The van der Waals surface area contributed by atoms with Gasteiger partial charge in [0.05, 0.1) is 12.3 Å². The van der Waals surface area contributed by atoms with E-state index in [0.717, 1.165) is 11.3 Å². The highest BCUT2D eigenvalue weighted by Gasteiger charge is 2.33. The third kappa shape index (κ3) is 4.03. The summed E-state index contributed by atoms with van der Waals surface area (Å²) >= 11 is 0. The molecule has 4 rings (SSSR count). The van der Waals surface area contributed by atoms with Gasteiger partial charge >= 0.3 is 6.03 Å². The van der Waals surface area contributed by atoms with E-state index in [-0.39, 0.29) is 30.3 Å². The number of anilines is 1. The Balaban J connectivity index is 1.30. The van der Waals surface area contributed by atoms with Crippen LogP contribution in [0.4, 0.5) is 10.5 Å². The van der Waals surface area contributed by atoms with Crippen molar-refractivity contribution >= 4 is 23.5 Å². The minimum Gasteiger partial charge on any atom is -0.459 e. The fourth-order valence-electron chi connectivity index (χ4n) is 3.88. The molecule has 0 saturated carbocycles. The Bertz CT molecular complexity index is 948. The van der Waals surface area contributed by atoms with E-state index in [1.54, 1.807) is 26.8 Å². The van der Waals surface area contributed by atoms with E-state index in [9.17, 15) is 14.4 Å². The van der Waals surface area contributed by atoms with Crippen molar-refractivity contribution in [1.82, 2.24) is 15.1 Å². The molecule has 2 saturated heterocycles. The number of carbonyl (C=O) groups is 3. The van der Waals surface area contributed by atoms with Gasteiger partial charge in [0, 0.05) is 44.8 Å². The average molecular weight is 410 g/mol. The molecule has 0 bridgehead atoms. The van der Waals surface area contributed by atoms with Crippen LogP contribution in [0, 0.1) is 13.8 Å². The third-order valence-electron chi connectivity index (χ3n) is 5.84. The third-order valence-corrected chi connectivity index (χ3v) is 5.84. The van der Waals surface area contributed by atoms with Gasteiger partial charge in [-0.3, -0.25) is 9.59 Å². The zero-order valence-electron chi connectivity index (χ0n) is 17.3. The number of hydrogen-bond acceptors (Lipinski definition) is 4. The minimum absolute atomic E-state index is 0.0115. The second-order valence-electron chi connectivity index (χ2n) is 7.88. The Kier molecular flexibility index (Phi) is 5.48. The number of aryl methyl sites for hydroxylation is 2. The summed E-state index contributed by atoms with van der Waals surface area (Å²) in [5, 5.41) is 2.98. The molecule has 1 atom stereocenters. The lowest BCUT2D eigenvalue weighted by Crippen LogP contribution is -2.54. The molecule has 2 fully saturated rings. The number of amides is 4. The number of piperazine rings is 1. The van der Waals surface area contributed by atoms with Crippen LogP contribution >= 0.6 is 0 Å². The summed E-state index contributed by atoms with van der Waals surface area (Å²) in [6, 6.07) is 8.86. The molecule has 2 aromatic rings. The van der Waals surface area contributed by atoms with Crippen molar-refractivity contribution in [3.63, 3.8) is 0 Å². The first-order valence-electron chi connectivity index (χ1n) is 10.2. The Morgan fingerprint density at radius 3 is 2.43 bits per heavy atom. The lowest BCUT2D eigenvalue weighted by atomic mass is 10.1. The van der Waals surface area contributed by atoms with Gasteiger partial charge in [0.15, 0.2) is 5.76 Å². The van der Waals surface area contributed by atoms with E-state index < -0.39 is 0 Å². The van der Waals surface area contributed by atoms with E-state index in [4.69, 9.17) is 4.42 Å². The van der Waals surface area contributed by atoms with Crippen molar-refractivity contribution in [1.29, 1.82) is 0 Å². The highest BCUT2D eigenvalue weighted by atomic mass is 16.3. The van der Waals surface area contributed by atoms with Crippen LogP contribution in [0.25, 0.3) is 0 Å². The molecule has 3 heterocycles. The largest absolute Gasteiger partial charge is 0.459 e. The van der Waals surface area contributed by atoms with Crippen LogP contribution in [0.3, 0.4) is 0 Å². The van der Waals surface area contributed by atoms with Gasteiger partial charge in [0.2, 0.25) is 5.91 Å². The second-order valence-corrected chi connectivity index (χ2v) is 7.88. The van der Waals surface area contributed by atoms with Gasteiger partial charge < -0.3 is 24.4 Å². The molecule has 0 radical (unpaired) electrons. The van der Waals surface area contributed by atoms with E-state index >= 15 is 0 Å².